The summed E-state index contributed by atoms with van der Waals surface area (Å²) in [6.45, 7) is 2.97. The molecular weight excluding hydrogens is 498 g/mol. The van der Waals surface area contributed by atoms with E-state index in [1.54, 1.807) is 12.1 Å². The van der Waals surface area contributed by atoms with Gasteiger partial charge in [-0.05, 0) is 25.1 Å². The molecule has 29 heavy (non-hydrogen) atoms. The Balaban J connectivity index is 0.00000420. The lowest BCUT2D eigenvalue weighted by Gasteiger charge is -2.15. The summed E-state index contributed by atoms with van der Waals surface area (Å²) in [5, 5.41) is 6.20. The van der Waals surface area contributed by atoms with Crippen LogP contribution in [0.2, 0.25) is 0 Å². The fraction of sp³-hybridized carbons (Fsp3) is 0.368. The molecule has 0 spiro atoms. The molecule has 0 aliphatic carbocycles. The van der Waals surface area contributed by atoms with Crippen LogP contribution < -0.4 is 20.3 Å². The maximum Gasteiger partial charge on any atom is 0.573 e. The lowest BCUT2D eigenvalue weighted by molar-refractivity contribution is -0.274. The van der Waals surface area contributed by atoms with E-state index in [1.165, 1.54) is 12.1 Å². The van der Waals surface area contributed by atoms with Crippen molar-refractivity contribution in [1.82, 2.24) is 15.6 Å². The van der Waals surface area contributed by atoms with Gasteiger partial charge in [0.25, 0.3) is 0 Å². The molecule has 0 bridgehead atoms. The number of nitrogens with one attached hydrogen (secondary N) is 2. The Labute approximate surface area is 185 Å². The van der Waals surface area contributed by atoms with Gasteiger partial charge in [-0.25, -0.2) is 9.98 Å². The summed E-state index contributed by atoms with van der Waals surface area (Å²) in [4.78, 5) is 10.8. The first-order chi connectivity index (χ1) is 13.3. The third-order valence-electron chi connectivity index (χ3n) is 3.64. The van der Waals surface area contributed by atoms with E-state index in [-0.39, 0.29) is 36.3 Å². The largest absolute Gasteiger partial charge is 0.573 e. The zero-order chi connectivity index (χ0) is 20.6. The molecule has 0 fully saturated rings. The third-order valence-corrected chi connectivity index (χ3v) is 3.64. The second-order valence-corrected chi connectivity index (χ2v) is 6.09. The van der Waals surface area contributed by atoms with Crippen LogP contribution in [0.25, 0.3) is 0 Å². The van der Waals surface area contributed by atoms with Crippen LogP contribution in [-0.4, -0.2) is 37.9 Å². The van der Waals surface area contributed by atoms with Crippen molar-refractivity contribution >= 4 is 35.8 Å². The number of hydrogen-bond acceptors (Lipinski definition) is 4. The summed E-state index contributed by atoms with van der Waals surface area (Å²) < 4.78 is 41.7. The van der Waals surface area contributed by atoms with Gasteiger partial charge >= 0.3 is 6.36 Å². The fourth-order valence-electron chi connectivity index (χ4n) is 2.35. The Bertz CT molecular complexity index is 799. The molecule has 6 nitrogen and oxygen atoms in total. The monoisotopic (exact) mass is 523 g/mol. The number of para-hydroxylation sites is 1. The minimum Gasteiger partial charge on any atom is -0.405 e. The van der Waals surface area contributed by atoms with Gasteiger partial charge in [0, 0.05) is 26.2 Å². The first-order valence-electron chi connectivity index (χ1n) is 8.77. The van der Waals surface area contributed by atoms with E-state index in [9.17, 15) is 13.2 Å². The van der Waals surface area contributed by atoms with Gasteiger partial charge in [-0.3, -0.25) is 0 Å². The number of nitrogens with zero attached hydrogens (tertiary/aromatic N) is 3. The van der Waals surface area contributed by atoms with Gasteiger partial charge in [-0.1, -0.05) is 24.3 Å². The lowest BCUT2D eigenvalue weighted by Crippen LogP contribution is -2.37. The number of hydrogen-bond donors (Lipinski definition) is 2. The Hall–Kier alpha value is -2.24. The summed E-state index contributed by atoms with van der Waals surface area (Å²) in [7, 11) is 3.82. The van der Waals surface area contributed by atoms with Crippen LogP contribution in [0.4, 0.5) is 19.0 Å². The molecule has 1 aromatic heterocycles. The van der Waals surface area contributed by atoms with Crippen LogP contribution in [0.15, 0.2) is 47.5 Å². The zero-order valence-corrected chi connectivity index (χ0v) is 18.8. The van der Waals surface area contributed by atoms with Crippen molar-refractivity contribution in [2.45, 2.75) is 26.4 Å². The number of ether oxygens (including phenoxy) is 1. The van der Waals surface area contributed by atoms with E-state index in [4.69, 9.17) is 0 Å². The van der Waals surface area contributed by atoms with E-state index in [2.05, 4.69) is 25.3 Å². The molecule has 0 aliphatic heterocycles. The van der Waals surface area contributed by atoms with E-state index in [0.29, 0.717) is 24.6 Å². The molecule has 2 aromatic rings. The van der Waals surface area contributed by atoms with E-state index < -0.39 is 6.36 Å². The molecule has 0 saturated carbocycles. The Morgan fingerprint density at radius 1 is 1.10 bits per heavy atom. The fourth-order valence-corrected chi connectivity index (χ4v) is 2.35. The molecule has 160 valence electrons. The van der Waals surface area contributed by atoms with Gasteiger partial charge < -0.3 is 20.3 Å². The highest BCUT2D eigenvalue weighted by Crippen LogP contribution is 2.26. The quantitative estimate of drug-likeness (QED) is 0.328. The molecule has 0 saturated heterocycles. The predicted octanol–water partition coefficient (Wildman–Crippen LogP) is 3.92. The molecule has 2 rings (SSSR count). The van der Waals surface area contributed by atoms with Gasteiger partial charge in [0.2, 0.25) is 0 Å². The Morgan fingerprint density at radius 2 is 1.83 bits per heavy atom. The standard InChI is InChI=1S/C19H24F3N5O.HI/c1-4-23-18(25-13-15-9-7-11-17(26-15)27(2)3)24-12-14-8-5-6-10-16(14)28-19(20,21)22;/h5-11H,4,12-13H2,1-3H3,(H2,23,24,25);1H. The van der Waals surface area contributed by atoms with Crippen molar-refractivity contribution in [1.29, 1.82) is 0 Å². The highest BCUT2D eigenvalue weighted by molar-refractivity contribution is 14.0. The number of halogens is 4. The van der Waals surface area contributed by atoms with Gasteiger partial charge in [-0.2, -0.15) is 0 Å². The molecule has 1 heterocycles. The molecule has 0 unspecified atom stereocenters. The van der Waals surface area contributed by atoms with Crippen LogP contribution in [0, 0.1) is 0 Å². The molecule has 2 N–H and O–H groups in total. The second-order valence-electron chi connectivity index (χ2n) is 6.09. The third kappa shape index (κ3) is 8.75. The topological polar surface area (TPSA) is 61.8 Å². The zero-order valence-electron chi connectivity index (χ0n) is 16.5. The van der Waals surface area contributed by atoms with Crippen LogP contribution in [0.1, 0.15) is 18.2 Å². The molecular formula is C19H25F3IN5O. The average Bonchev–Trinajstić information content (AvgIpc) is 2.64. The molecule has 0 amide bonds. The van der Waals surface area contributed by atoms with Gasteiger partial charge in [0.05, 0.1) is 18.8 Å². The first kappa shape index (κ1) is 24.8. The highest BCUT2D eigenvalue weighted by atomic mass is 127. The van der Waals surface area contributed by atoms with Crippen molar-refractivity contribution in [3.05, 3.63) is 53.7 Å². The average molecular weight is 523 g/mol. The number of aromatic nitrogens is 1. The van der Waals surface area contributed by atoms with Gasteiger partial charge in [0.1, 0.15) is 11.6 Å². The lowest BCUT2D eigenvalue weighted by atomic mass is 10.2. The van der Waals surface area contributed by atoms with Crippen LogP contribution in [0.3, 0.4) is 0 Å². The minimum absolute atomic E-state index is 0. The van der Waals surface area contributed by atoms with Gasteiger partial charge in [-0.15, -0.1) is 37.1 Å². The number of rotatable bonds is 7. The number of benzene rings is 1. The Morgan fingerprint density at radius 3 is 2.48 bits per heavy atom. The number of alkyl halides is 3. The second kappa shape index (κ2) is 11.7. The van der Waals surface area contributed by atoms with E-state index in [1.807, 2.05) is 44.1 Å². The summed E-state index contributed by atoms with van der Waals surface area (Å²) in [6, 6.07) is 11.7. The maximum atomic E-state index is 12.5. The smallest absolute Gasteiger partial charge is 0.405 e. The van der Waals surface area contributed by atoms with Gasteiger partial charge in [0.15, 0.2) is 5.96 Å². The molecule has 0 atom stereocenters. The molecule has 1 aromatic carbocycles. The summed E-state index contributed by atoms with van der Waals surface area (Å²) in [5.41, 5.74) is 1.15. The van der Waals surface area contributed by atoms with Crippen molar-refractivity contribution in [3.8, 4) is 5.75 Å². The van der Waals surface area contributed by atoms with Crippen molar-refractivity contribution in [2.75, 3.05) is 25.5 Å². The molecule has 10 heteroatoms. The number of aliphatic imine (C=N–C) groups is 1. The summed E-state index contributed by atoms with van der Waals surface area (Å²) >= 11 is 0. The molecule has 0 radical (unpaired) electrons. The SMILES string of the molecule is CCNC(=NCc1ccccc1OC(F)(F)F)NCc1cccc(N(C)C)n1.I. The minimum atomic E-state index is -4.74. The number of anilines is 1. The van der Waals surface area contributed by atoms with E-state index in [0.717, 1.165) is 11.5 Å². The molecule has 0 aliphatic rings. The highest BCUT2D eigenvalue weighted by Gasteiger charge is 2.31. The Kier molecular flexibility index (Phi) is 9.99. The van der Waals surface area contributed by atoms with Crippen LogP contribution in [-0.2, 0) is 13.1 Å². The summed E-state index contributed by atoms with van der Waals surface area (Å²) in [5.74, 6) is 1.05. The van der Waals surface area contributed by atoms with Crippen molar-refractivity contribution in [3.63, 3.8) is 0 Å². The number of pyridine rings is 1. The summed E-state index contributed by atoms with van der Waals surface area (Å²) in [6.07, 6.45) is -4.74. The van der Waals surface area contributed by atoms with Crippen molar-refractivity contribution < 1.29 is 17.9 Å². The van der Waals surface area contributed by atoms with E-state index >= 15 is 0 Å². The first-order valence-corrected chi connectivity index (χ1v) is 8.77. The number of guanidine groups is 1. The normalized spacial score (nSPS) is 11.4. The van der Waals surface area contributed by atoms with Crippen molar-refractivity contribution in [2.24, 2.45) is 4.99 Å². The van der Waals surface area contributed by atoms with Crippen LogP contribution >= 0.6 is 24.0 Å². The van der Waals surface area contributed by atoms with Crippen LogP contribution in [0.5, 0.6) is 5.75 Å². The maximum absolute atomic E-state index is 12.5. The predicted molar refractivity (Wildman–Crippen MR) is 119 cm³/mol.